The topological polar surface area (TPSA) is 59.3 Å². The van der Waals surface area contributed by atoms with Crippen molar-refractivity contribution in [2.75, 3.05) is 4.72 Å². The molecule has 5 rings (SSSR count). The van der Waals surface area contributed by atoms with E-state index in [0.29, 0.717) is 16.6 Å². The zero-order chi connectivity index (χ0) is 23.4. The summed E-state index contributed by atoms with van der Waals surface area (Å²) < 4.78 is 35.5. The van der Waals surface area contributed by atoms with Gasteiger partial charge in [-0.2, -0.15) is 0 Å². The minimum atomic E-state index is -3.77. The lowest BCUT2D eigenvalue weighted by molar-refractivity contribution is 0.179. The van der Waals surface area contributed by atoms with Gasteiger partial charge in [-0.25, -0.2) is 8.42 Å². The van der Waals surface area contributed by atoms with Gasteiger partial charge in [0, 0.05) is 33.2 Å². The van der Waals surface area contributed by atoms with Crippen molar-refractivity contribution in [2.24, 2.45) is 11.3 Å². The van der Waals surface area contributed by atoms with E-state index in [9.17, 15) is 8.42 Å². The number of fused-ring (bicyclic) bond motifs is 5. The molecule has 1 heterocycles. The number of sulfonamides is 1. The Morgan fingerprint density at radius 2 is 1.76 bits per heavy atom. The van der Waals surface area contributed by atoms with E-state index in [2.05, 4.69) is 25.5 Å². The molecular weight excluding hydrogens is 454 g/mol. The Balaban J connectivity index is 1.65. The van der Waals surface area contributed by atoms with Gasteiger partial charge in [0.25, 0.3) is 10.0 Å². The number of furan rings is 1. The van der Waals surface area contributed by atoms with E-state index in [1.54, 1.807) is 12.1 Å². The Kier molecular flexibility index (Phi) is 5.45. The maximum absolute atomic E-state index is 13.2. The van der Waals surface area contributed by atoms with E-state index in [4.69, 9.17) is 16.0 Å². The van der Waals surface area contributed by atoms with Crippen molar-refractivity contribution in [1.29, 1.82) is 0 Å². The van der Waals surface area contributed by atoms with E-state index in [-0.39, 0.29) is 10.3 Å². The van der Waals surface area contributed by atoms with Crippen molar-refractivity contribution in [3.63, 3.8) is 0 Å². The average Bonchev–Trinajstić information content (AvgIpc) is 3.17. The average molecular weight is 482 g/mol. The highest BCUT2D eigenvalue weighted by atomic mass is 35.5. The maximum atomic E-state index is 13.2. The lowest BCUT2D eigenvalue weighted by Gasteiger charge is -2.36. The monoisotopic (exact) mass is 481 g/mol. The van der Waals surface area contributed by atoms with Crippen LogP contribution in [0.15, 0.2) is 63.9 Å². The molecule has 0 saturated carbocycles. The normalized spacial score (nSPS) is 16.8. The SMILES string of the molecule is CCC(C)(C)[C@H]1CCc2oc3c(cc(NS(=O)(=O)c4ccc(Cl)cc4)c4ccccc43)c2C1. The van der Waals surface area contributed by atoms with Gasteiger partial charge in [-0.3, -0.25) is 4.72 Å². The fourth-order valence-electron chi connectivity index (χ4n) is 4.95. The predicted molar refractivity (Wildman–Crippen MR) is 136 cm³/mol. The van der Waals surface area contributed by atoms with Gasteiger partial charge in [-0.1, -0.05) is 63.1 Å². The molecule has 1 aliphatic rings. The number of nitrogens with one attached hydrogen (secondary N) is 1. The van der Waals surface area contributed by atoms with E-state index >= 15 is 0 Å². The molecule has 3 aromatic carbocycles. The Morgan fingerprint density at radius 3 is 2.45 bits per heavy atom. The van der Waals surface area contributed by atoms with Crippen LogP contribution in [0.1, 0.15) is 44.9 Å². The third-order valence-electron chi connectivity index (χ3n) is 7.44. The molecule has 33 heavy (non-hydrogen) atoms. The lowest BCUT2D eigenvalue weighted by atomic mass is 9.69. The number of rotatable bonds is 5. The Labute approximate surface area is 200 Å². The van der Waals surface area contributed by atoms with Gasteiger partial charge in [0.2, 0.25) is 0 Å². The summed E-state index contributed by atoms with van der Waals surface area (Å²) in [6, 6.07) is 16.0. The molecule has 1 aliphatic carbocycles. The van der Waals surface area contributed by atoms with Crippen LogP contribution in [0, 0.1) is 11.3 Å². The van der Waals surface area contributed by atoms with Gasteiger partial charge in [0.15, 0.2) is 0 Å². The third-order valence-corrected chi connectivity index (χ3v) is 9.07. The molecule has 0 radical (unpaired) electrons. The summed E-state index contributed by atoms with van der Waals surface area (Å²) in [5.74, 6) is 1.60. The molecule has 0 fully saturated rings. The molecule has 0 spiro atoms. The minimum absolute atomic E-state index is 0.176. The fraction of sp³-hybridized carbons (Fsp3) is 0.333. The van der Waals surface area contributed by atoms with Gasteiger partial charge in [-0.05, 0) is 54.5 Å². The van der Waals surface area contributed by atoms with E-state index in [1.807, 2.05) is 30.3 Å². The molecule has 0 aliphatic heterocycles. The van der Waals surface area contributed by atoms with Crippen molar-refractivity contribution >= 4 is 49.1 Å². The molecule has 0 amide bonds. The van der Waals surface area contributed by atoms with Crippen LogP contribution < -0.4 is 4.72 Å². The van der Waals surface area contributed by atoms with Crippen LogP contribution in [0.5, 0.6) is 0 Å². The molecule has 4 aromatic rings. The van der Waals surface area contributed by atoms with Crippen LogP contribution in [0.2, 0.25) is 5.02 Å². The highest BCUT2D eigenvalue weighted by Gasteiger charge is 2.34. The van der Waals surface area contributed by atoms with Crippen LogP contribution in [-0.4, -0.2) is 8.42 Å². The zero-order valence-electron chi connectivity index (χ0n) is 19.1. The molecule has 1 N–H and O–H groups in total. The highest BCUT2D eigenvalue weighted by molar-refractivity contribution is 7.92. The summed E-state index contributed by atoms with van der Waals surface area (Å²) in [4.78, 5) is 0.176. The summed E-state index contributed by atoms with van der Waals surface area (Å²) >= 11 is 5.95. The third kappa shape index (κ3) is 3.91. The van der Waals surface area contributed by atoms with Gasteiger partial charge < -0.3 is 4.42 Å². The molecule has 1 atom stereocenters. The molecule has 1 aromatic heterocycles. The Hall–Kier alpha value is -2.50. The minimum Gasteiger partial charge on any atom is -0.460 e. The summed E-state index contributed by atoms with van der Waals surface area (Å²) in [5, 5.41) is 3.24. The summed E-state index contributed by atoms with van der Waals surface area (Å²) in [6.45, 7) is 6.93. The second-order valence-corrected chi connectivity index (χ2v) is 11.8. The van der Waals surface area contributed by atoms with Crippen molar-refractivity contribution in [3.8, 4) is 0 Å². The number of aryl methyl sites for hydroxylation is 1. The first-order chi connectivity index (χ1) is 15.7. The van der Waals surface area contributed by atoms with E-state index in [0.717, 1.165) is 53.2 Å². The number of halogens is 1. The summed E-state index contributed by atoms with van der Waals surface area (Å²) in [5.41, 5.74) is 2.88. The molecule has 6 heteroatoms. The number of benzene rings is 3. The second kappa shape index (κ2) is 8.07. The van der Waals surface area contributed by atoms with Crippen molar-refractivity contribution in [1.82, 2.24) is 0 Å². The molecule has 4 nitrogen and oxygen atoms in total. The molecule has 0 unspecified atom stereocenters. The van der Waals surface area contributed by atoms with Crippen LogP contribution in [0.3, 0.4) is 0 Å². The number of hydrogen-bond donors (Lipinski definition) is 1. The van der Waals surface area contributed by atoms with Crippen molar-refractivity contribution < 1.29 is 12.8 Å². The van der Waals surface area contributed by atoms with Gasteiger partial charge >= 0.3 is 0 Å². The smallest absolute Gasteiger partial charge is 0.261 e. The first kappa shape index (κ1) is 22.3. The molecule has 0 saturated heterocycles. The van der Waals surface area contributed by atoms with Crippen molar-refractivity contribution in [3.05, 3.63) is 70.9 Å². The second-order valence-electron chi connectivity index (χ2n) is 9.69. The zero-order valence-corrected chi connectivity index (χ0v) is 20.7. The molecule has 0 bridgehead atoms. The predicted octanol–water partition coefficient (Wildman–Crippen LogP) is 7.58. The maximum Gasteiger partial charge on any atom is 0.261 e. The van der Waals surface area contributed by atoms with E-state index in [1.165, 1.54) is 17.7 Å². The number of hydrogen-bond acceptors (Lipinski definition) is 3. The molecular formula is C27H28ClNO3S. The first-order valence-corrected chi connectivity index (χ1v) is 13.3. The Bertz CT molecular complexity index is 1450. The first-order valence-electron chi connectivity index (χ1n) is 11.4. The summed E-state index contributed by atoms with van der Waals surface area (Å²) in [7, 11) is -3.77. The molecule has 172 valence electrons. The summed E-state index contributed by atoms with van der Waals surface area (Å²) in [6.07, 6.45) is 4.10. The highest BCUT2D eigenvalue weighted by Crippen LogP contribution is 2.45. The standard InChI is InChI=1S/C27H28ClNO3S/c1-4-27(2,3)17-9-14-25-22(15-17)23-16-24(20-7-5-6-8-21(20)26(23)32-25)29-33(30,31)19-12-10-18(28)11-13-19/h5-8,10-13,16-17,29H,4,9,14-15H2,1-3H3/t17-/m0/s1. The van der Waals surface area contributed by atoms with Crippen LogP contribution in [0.4, 0.5) is 5.69 Å². The number of anilines is 1. The van der Waals surface area contributed by atoms with Gasteiger partial charge in [-0.15, -0.1) is 0 Å². The van der Waals surface area contributed by atoms with Crippen LogP contribution in [-0.2, 0) is 22.9 Å². The van der Waals surface area contributed by atoms with Crippen molar-refractivity contribution in [2.45, 2.75) is 51.3 Å². The quantitative estimate of drug-likeness (QED) is 0.319. The van der Waals surface area contributed by atoms with Gasteiger partial charge in [0.1, 0.15) is 11.3 Å². The largest absolute Gasteiger partial charge is 0.460 e. The van der Waals surface area contributed by atoms with Crippen LogP contribution >= 0.6 is 11.6 Å². The lowest BCUT2D eigenvalue weighted by Crippen LogP contribution is -2.28. The van der Waals surface area contributed by atoms with Gasteiger partial charge in [0.05, 0.1) is 10.6 Å². The Morgan fingerprint density at radius 1 is 1.06 bits per heavy atom. The fourth-order valence-corrected chi connectivity index (χ4v) is 6.15. The van der Waals surface area contributed by atoms with E-state index < -0.39 is 10.0 Å². The van der Waals surface area contributed by atoms with Crippen LogP contribution in [0.25, 0.3) is 21.7 Å².